The molecule has 0 aromatic heterocycles. The smallest absolute Gasteiger partial charge is 0.123 e. The lowest BCUT2D eigenvalue weighted by atomic mass is 10.2. The zero-order chi connectivity index (χ0) is 12.3. The van der Waals surface area contributed by atoms with Crippen LogP contribution in [0.15, 0.2) is 56.4 Å². The third kappa shape index (κ3) is 3.48. The van der Waals surface area contributed by atoms with E-state index in [0.29, 0.717) is 0 Å². The lowest BCUT2D eigenvalue weighted by Gasteiger charge is -1.99. The van der Waals surface area contributed by atoms with Gasteiger partial charge in [-0.3, -0.25) is 4.99 Å². The Morgan fingerprint density at radius 1 is 1.06 bits per heavy atom. The summed E-state index contributed by atoms with van der Waals surface area (Å²) in [5.41, 5.74) is 1.54. The second kappa shape index (κ2) is 5.56. The van der Waals surface area contributed by atoms with Crippen molar-refractivity contribution in [3.05, 3.63) is 62.8 Å². The highest BCUT2D eigenvalue weighted by molar-refractivity contribution is 9.11. The van der Waals surface area contributed by atoms with Gasteiger partial charge < -0.3 is 0 Å². The summed E-state index contributed by atoms with van der Waals surface area (Å²) in [5.74, 6) is -0.260. The van der Waals surface area contributed by atoms with Crippen molar-refractivity contribution in [2.24, 2.45) is 4.99 Å². The zero-order valence-electron chi connectivity index (χ0n) is 8.70. The Labute approximate surface area is 116 Å². The van der Waals surface area contributed by atoms with E-state index >= 15 is 0 Å². The molecular weight excluding hydrogens is 349 g/mol. The van der Waals surface area contributed by atoms with Crippen LogP contribution in [-0.4, -0.2) is 6.21 Å². The van der Waals surface area contributed by atoms with E-state index < -0.39 is 0 Å². The number of hydrogen-bond donors (Lipinski definition) is 0. The first-order valence-electron chi connectivity index (χ1n) is 4.90. The Hall–Kier alpha value is -1.000. The highest BCUT2D eigenvalue weighted by atomic mass is 79.9. The summed E-state index contributed by atoms with van der Waals surface area (Å²) < 4.78 is 14.8. The molecule has 0 aliphatic heterocycles. The van der Waals surface area contributed by atoms with Crippen molar-refractivity contribution in [3.63, 3.8) is 0 Å². The molecule has 0 unspecified atom stereocenters. The number of aliphatic imine (C=N–C) groups is 1. The average molecular weight is 357 g/mol. The van der Waals surface area contributed by atoms with Crippen molar-refractivity contribution < 1.29 is 4.39 Å². The molecule has 4 heteroatoms. The molecule has 0 N–H and O–H groups in total. The Bertz CT molecular complexity index is 567. The van der Waals surface area contributed by atoms with Crippen molar-refractivity contribution in [1.82, 2.24) is 0 Å². The van der Waals surface area contributed by atoms with Crippen LogP contribution in [0.5, 0.6) is 0 Å². The van der Waals surface area contributed by atoms with Crippen LogP contribution >= 0.6 is 31.9 Å². The van der Waals surface area contributed by atoms with Crippen LogP contribution in [0.2, 0.25) is 0 Å². The van der Waals surface area contributed by atoms with Gasteiger partial charge in [0.05, 0.1) is 5.69 Å². The molecule has 2 aromatic carbocycles. The number of halogens is 3. The monoisotopic (exact) mass is 355 g/mol. The summed E-state index contributed by atoms with van der Waals surface area (Å²) >= 11 is 6.79. The topological polar surface area (TPSA) is 12.4 Å². The molecule has 0 saturated heterocycles. The van der Waals surface area contributed by atoms with Crippen LogP contribution in [0.4, 0.5) is 10.1 Å². The maximum Gasteiger partial charge on any atom is 0.123 e. The molecule has 86 valence electrons. The Balaban J connectivity index is 2.26. The van der Waals surface area contributed by atoms with Gasteiger partial charge in [-0.25, -0.2) is 4.39 Å². The van der Waals surface area contributed by atoms with Gasteiger partial charge >= 0.3 is 0 Å². The second-order valence-electron chi connectivity index (χ2n) is 3.41. The van der Waals surface area contributed by atoms with E-state index in [1.807, 2.05) is 18.2 Å². The number of benzene rings is 2. The lowest BCUT2D eigenvalue weighted by molar-refractivity contribution is 0.627. The summed E-state index contributed by atoms with van der Waals surface area (Å²) in [6, 6.07) is 12.0. The van der Waals surface area contributed by atoms with Crippen LogP contribution in [0.3, 0.4) is 0 Å². The van der Waals surface area contributed by atoms with Gasteiger partial charge in [0.15, 0.2) is 0 Å². The average Bonchev–Trinajstić information content (AvgIpc) is 2.28. The molecule has 0 heterocycles. The van der Waals surface area contributed by atoms with E-state index in [0.717, 1.165) is 20.2 Å². The maximum atomic E-state index is 12.9. The molecule has 2 rings (SSSR count). The van der Waals surface area contributed by atoms with Gasteiger partial charge in [-0.2, -0.15) is 0 Å². The van der Waals surface area contributed by atoms with E-state index in [1.165, 1.54) is 12.1 Å². The SMILES string of the molecule is Fc1cccc(/C=N/c2ccc(Br)cc2Br)c1. The molecule has 0 atom stereocenters. The summed E-state index contributed by atoms with van der Waals surface area (Å²) in [4.78, 5) is 4.30. The van der Waals surface area contributed by atoms with E-state index in [-0.39, 0.29) is 5.82 Å². The van der Waals surface area contributed by atoms with Gasteiger partial charge in [0, 0.05) is 15.2 Å². The van der Waals surface area contributed by atoms with Crippen molar-refractivity contribution in [2.45, 2.75) is 0 Å². The molecule has 0 fully saturated rings. The normalized spacial score (nSPS) is 11.0. The summed E-state index contributed by atoms with van der Waals surface area (Å²) in [6.45, 7) is 0. The number of hydrogen-bond acceptors (Lipinski definition) is 1. The minimum atomic E-state index is -0.260. The maximum absolute atomic E-state index is 12.9. The largest absolute Gasteiger partial charge is 0.255 e. The molecule has 0 saturated carbocycles. The lowest BCUT2D eigenvalue weighted by Crippen LogP contribution is -1.82. The molecule has 0 bridgehead atoms. The molecule has 0 radical (unpaired) electrons. The van der Waals surface area contributed by atoms with Crippen molar-refractivity contribution in [2.75, 3.05) is 0 Å². The predicted molar refractivity (Wildman–Crippen MR) is 75.5 cm³/mol. The minimum Gasteiger partial charge on any atom is -0.255 e. The Kier molecular flexibility index (Phi) is 4.07. The summed E-state index contributed by atoms with van der Waals surface area (Å²) in [5, 5.41) is 0. The standard InChI is InChI=1S/C13H8Br2FN/c14-10-4-5-13(12(15)7-10)17-8-9-2-1-3-11(16)6-9/h1-8H/b17-8+. The molecule has 0 spiro atoms. The molecule has 0 amide bonds. The first kappa shape index (κ1) is 12.5. The van der Waals surface area contributed by atoms with E-state index in [2.05, 4.69) is 36.9 Å². The van der Waals surface area contributed by atoms with Crippen LogP contribution < -0.4 is 0 Å². The van der Waals surface area contributed by atoms with Gasteiger partial charge in [-0.15, -0.1) is 0 Å². The van der Waals surface area contributed by atoms with E-state index in [9.17, 15) is 4.39 Å². The van der Waals surface area contributed by atoms with E-state index in [1.54, 1.807) is 18.3 Å². The first-order valence-corrected chi connectivity index (χ1v) is 6.48. The Morgan fingerprint density at radius 3 is 2.59 bits per heavy atom. The predicted octanol–water partition coefficient (Wildman–Crippen LogP) is 5.10. The fourth-order valence-electron chi connectivity index (χ4n) is 1.32. The molecule has 17 heavy (non-hydrogen) atoms. The molecule has 0 aliphatic rings. The summed E-state index contributed by atoms with van der Waals surface area (Å²) in [7, 11) is 0. The van der Waals surface area contributed by atoms with Crippen LogP contribution in [0.1, 0.15) is 5.56 Å². The fourth-order valence-corrected chi connectivity index (χ4v) is 2.47. The fraction of sp³-hybridized carbons (Fsp3) is 0. The van der Waals surface area contributed by atoms with Crippen LogP contribution in [-0.2, 0) is 0 Å². The third-order valence-corrected chi connectivity index (χ3v) is 3.24. The minimum absolute atomic E-state index is 0.260. The van der Waals surface area contributed by atoms with Crippen molar-refractivity contribution in [3.8, 4) is 0 Å². The third-order valence-electron chi connectivity index (χ3n) is 2.11. The van der Waals surface area contributed by atoms with Crippen LogP contribution in [0, 0.1) is 5.82 Å². The van der Waals surface area contributed by atoms with Gasteiger partial charge in [-0.05, 0) is 51.8 Å². The first-order chi connectivity index (χ1) is 8.15. The second-order valence-corrected chi connectivity index (χ2v) is 5.18. The van der Waals surface area contributed by atoms with Crippen molar-refractivity contribution in [1.29, 1.82) is 0 Å². The highest BCUT2D eigenvalue weighted by Gasteiger charge is 1.98. The zero-order valence-corrected chi connectivity index (χ0v) is 11.9. The van der Waals surface area contributed by atoms with Crippen molar-refractivity contribution >= 4 is 43.8 Å². The molecule has 0 aliphatic carbocycles. The van der Waals surface area contributed by atoms with Gasteiger partial charge in [0.2, 0.25) is 0 Å². The quantitative estimate of drug-likeness (QED) is 0.663. The van der Waals surface area contributed by atoms with E-state index in [4.69, 9.17) is 0 Å². The van der Waals surface area contributed by atoms with Gasteiger partial charge in [0.25, 0.3) is 0 Å². The van der Waals surface area contributed by atoms with Crippen LogP contribution in [0.25, 0.3) is 0 Å². The van der Waals surface area contributed by atoms with Gasteiger partial charge in [-0.1, -0.05) is 28.1 Å². The number of nitrogens with zero attached hydrogens (tertiary/aromatic N) is 1. The van der Waals surface area contributed by atoms with Gasteiger partial charge in [0.1, 0.15) is 5.82 Å². The Morgan fingerprint density at radius 2 is 1.88 bits per heavy atom. The molecular formula is C13H8Br2FN. The molecule has 1 nitrogen and oxygen atoms in total. The summed E-state index contributed by atoms with van der Waals surface area (Å²) in [6.07, 6.45) is 1.64. The highest BCUT2D eigenvalue weighted by Crippen LogP contribution is 2.28. The molecule has 2 aromatic rings. The number of rotatable bonds is 2.